The van der Waals surface area contributed by atoms with Gasteiger partial charge >= 0.3 is 6.03 Å². The highest BCUT2D eigenvalue weighted by molar-refractivity contribution is 7.99. The highest BCUT2D eigenvalue weighted by atomic mass is 32.2. The van der Waals surface area contributed by atoms with E-state index in [-0.39, 0.29) is 24.6 Å². The van der Waals surface area contributed by atoms with Crippen LogP contribution in [0.4, 0.5) is 10.5 Å². The van der Waals surface area contributed by atoms with E-state index in [1.165, 1.54) is 0 Å². The summed E-state index contributed by atoms with van der Waals surface area (Å²) in [4.78, 5) is 30.0. The number of pyridine rings is 1. The lowest BCUT2D eigenvalue weighted by Gasteiger charge is -2.28. The van der Waals surface area contributed by atoms with Gasteiger partial charge in [-0.15, -0.1) is 11.8 Å². The van der Waals surface area contributed by atoms with Crippen molar-refractivity contribution in [1.82, 2.24) is 15.6 Å². The molecule has 2 aliphatic rings. The van der Waals surface area contributed by atoms with Gasteiger partial charge < -0.3 is 15.4 Å². The zero-order chi connectivity index (χ0) is 16.1. The number of hydrogen-bond acceptors (Lipinski definition) is 5. The average Bonchev–Trinajstić information content (AvgIpc) is 3.11. The minimum Gasteiger partial charge on any atom is -0.376 e. The van der Waals surface area contributed by atoms with Gasteiger partial charge in [-0.25, -0.2) is 9.78 Å². The number of rotatable bonds is 4. The molecule has 2 N–H and O–H groups in total. The number of fused-ring (bicyclic) bond motifs is 1. The van der Waals surface area contributed by atoms with E-state index in [0.29, 0.717) is 13.1 Å². The molecule has 0 saturated carbocycles. The number of ether oxygens (including phenoxy) is 1. The number of hydrogen-bond donors (Lipinski definition) is 2. The first-order valence-electron chi connectivity index (χ1n) is 7.75. The molecule has 124 valence electrons. The predicted molar refractivity (Wildman–Crippen MR) is 87.7 cm³/mol. The molecule has 0 radical (unpaired) electrons. The van der Waals surface area contributed by atoms with Crippen LogP contribution in [0.5, 0.6) is 0 Å². The second kappa shape index (κ2) is 7.65. The first-order valence-corrected chi connectivity index (χ1v) is 8.74. The number of amides is 3. The molecule has 1 aromatic heterocycles. The normalized spacial score (nSPS) is 20.0. The molecule has 3 amide bonds. The summed E-state index contributed by atoms with van der Waals surface area (Å²) >= 11 is 1.63. The van der Waals surface area contributed by atoms with Crippen molar-refractivity contribution < 1.29 is 14.3 Å². The molecule has 2 aliphatic heterocycles. The van der Waals surface area contributed by atoms with Crippen LogP contribution in [0.1, 0.15) is 12.8 Å². The van der Waals surface area contributed by atoms with Gasteiger partial charge in [0.1, 0.15) is 5.03 Å². The number of carbonyl (C=O) groups excluding carboxylic acids is 2. The number of nitrogens with one attached hydrogen (secondary N) is 2. The monoisotopic (exact) mass is 336 g/mol. The van der Waals surface area contributed by atoms with Crippen molar-refractivity contribution in [1.29, 1.82) is 0 Å². The molecule has 0 bridgehead atoms. The summed E-state index contributed by atoms with van der Waals surface area (Å²) in [6, 6.07) is 3.40. The Labute approximate surface area is 139 Å². The van der Waals surface area contributed by atoms with Gasteiger partial charge in [-0.05, 0) is 25.0 Å². The van der Waals surface area contributed by atoms with E-state index in [4.69, 9.17) is 4.74 Å². The van der Waals surface area contributed by atoms with Crippen LogP contribution in [0.3, 0.4) is 0 Å². The second-order valence-electron chi connectivity index (χ2n) is 5.43. The van der Waals surface area contributed by atoms with Crippen molar-refractivity contribution in [2.24, 2.45) is 0 Å². The molecule has 0 aliphatic carbocycles. The first-order chi connectivity index (χ1) is 11.2. The summed E-state index contributed by atoms with van der Waals surface area (Å²) in [6.45, 7) is 1.83. The maximum atomic E-state index is 12.3. The van der Waals surface area contributed by atoms with E-state index in [0.717, 1.165) is 35.9 Å². The van der Waals surface area contributed by atoms with Crippen molar-refractivity contribution in [3.63, 3.8) is 0 Å². The number of anilines is 1. The van der Waals surface area contributed by atoms with Crippen LogP contribution >= 0.6 is 11.8 Å². The van der Waals surface area contributed by atoms with Crippen LogP contribution in [0.15, 0.2) is 23.4 Å². The summed E-state index contributed by atoms with van der Waals surface area (Å²) in [5.74, 6) is 0.592. The molecule has 1 fully saturated rings. The lowest BCUT2D eigenvalue weighted by molar-refractivity contribution is -0.120. The van der Waals surface area contributed by atoms with Crippen molar-refractivity contribution >= 4 is 29.4 Å². The van der Waals surface area contributed by atoms with Gasteiger partial charge in [-0.2, -0.15) is 0 Å². The lowest BCUT2D eigenvalue weighted by atomic mass is 10.2. The fourth-order valence-corrected chi connectivity index (χ4v) is 3.54. The molecule has 0 spiro atoms. The Morgan fingerprint density at radius 3 is 3.17 bits per heavy atom. The van der Waals surface area contributed by atoms with E-state index in [2.05, 4.69) is 15.6 Å². The second-order valence-corrected chi connectivity index (χ2v) is 6.51. The van der Waals surface area contributed by atoms with E-state index in [1.54, 1.807) is 28.9 Å². The number of nitrogens with zero attached hydrogens (tertiary/aromatic N) is 2. The van der Waals surface area contributed by atoms with Crippen LogP contribution in [-0.4, -0.2) is 55.0 Å². The molecular weight excluding hydrogens is 316 g/mol. The Kier molecular flexibility index (Phi) is 5.35. The van der Waals surface area contributed by atoms with Gasteiger partial charge in [0.25, 0.3) is 0 Å². The molecule has 3 heterocycles. The van der Waals surface area contributed by atoms with E-state index in [9.17, 15) is 9.59 Å². The summed E-state index contributed by atoms with van der Waals surface area (Å²) in [7, 11) is 0. The summed E-state index contributed by atoms with van der Waals surface area (Å²) in [5.41, 5.74) is 0.793. The number of aromatic nitrogens is 1. The van der Waals surface area contributed by atoms with Crippen LogP contribution in [0.25, 0.3) is 0 Å². The van der Waals surface area contributed by atoms with Crippen molar-refractivity contribution in [2.75, 3.05) is 36.9 Å². The molecule has 1 unspecified atom stereocenters. The van der Waals surface area contributed by atoms with Crippen LogP contribution in [0.2, 0.25) is 0 Å². The SMILES string of the molecule is O=C(CNC(=O)N1CCSc2ncccc21)NCC1CCCO1. The van der Waals surface area contributed by atoms with Gasteiger partial charge in [0, 0.05) is 31.6 Å². The Hall–Kier alpha value is -1.80. The van der Waals surface area contributed by atoms with Gasteiger partial charge in [-0.1, -0.05) is 0 Å². The van der Waals surface area contributed by atoms with Gasteiger partial charge in [0.15, 0.2) is 0 Å². The Bertz CT molecular complexity index is 578. The minimum atomic E-state index is -0.271. The highest BCUT2D eigenvalue weighted by Gasteiger charge is 2.24. The fourth-order valence-electron chi connectivity index (χ4n) is 2.61. The zero-order valence-electron chi connectivity index (χ0n) is 12.8. The van der Waals surface area contributed by atoms with Crippen LogP contribution < -0.4 is 15.5 Å². The standard InChI is InChI=1S/C15H20N4O3S/c20-13(17-9-11-3-2-7-22-11)10-18-15(21)19-6-8-23-14-12(19)4-1-5-16-14/h1,4-5,11H,2-3,6-10H2,(H,17,20)(H,18,21). The largest absolute Gasteiger partial charge is 0.376 e. The summed E-state index contributed by atoms with van der Waals surface area (Å²) < 4.78 is 5.44. The van der Waals surface area contributed by atoms with Crippen LogP contribution in [-0.2, 0) is 9.53 Å². The molecule has 0 aromatic carbocycles. The number of carbonyl (C=O) groups is 2. The van der Waals surface area contributed by atoms with E-state index in [1.807, 2.05) is 6.07 Å². The average molecular weight is 336 g/mol. The topological polar surface area (TPSA) is 83.6 Å². The Morgan fingerprint density at radius 1 is 1.43 bits per heavy atom. The lowest BCUT2D eigenvalue weighted by Crippen LogP contribution is -2.47. The van der Waals surface area contributed by atoms with Crippen molar-refractivity contribution in [3.8, 4) is 0 Å². The summed E-state index contributed by atoms with van der Waals surface area (Å²) in [5, 5.41) is 6.30. The first kappa shape index (κ1) is 16.1. The third-order valence-corrected chi connectivity index (χ3v) is 4.77. The van der Waals surface area contributed by atoms with Crippen molar-refractivity contribution in [2.45, 2.75) is 24.0 Å². The van der Waals surface area contributed by atoms with Crippen molar-refractivity contribution in [3.05, 3.63) is 18.3 Å². The number of thioether (sulfide) groups is 1. The zero-order valence-corrected chi connectivity index (χ0v) is 13.6. The third-order valence-electron chi connectivity index (χ3n) is 3.79. The Balaban J connectivity index is 1.47. The quantitative estimate of drug-likeness (QED) is 0.857. The number of urea groups is 1. The smallest absolute Gasteiger partial charge is 0.322 e. The predicted octanol–water partition coefficient (Wildman–Crippen LogP) is 0.998. The van der Waals surface area contributed by atoms with Gasteiger partial charge in [0.2, 0.25) is 5.91 Å². The molecule has 1 saturated heterocycles. The van der Waals surface area contributed by atoms with Crippen LogP contribution in [0, 0.1) is 0 Å². The molecular formula is C15H20N4O3S. The fraction of sp³-hybridized carbons (Fsp3) is 0.533. The van der Waals surface area contributed by atoms with E-state index >= 15 is 0 Å². The highest BCUT2D eigenvalue weighted by Crippen LogP contribution is 2.32. The maximum Gasteiger partial charge on any atom is 0.322 e. The molecule has 23 heavy (non-hydrogen) atoms. The van der Waals surface area contributed by atoms with E-state index < -0.39 is 0 Å². The Morgan fingerprint density at radius 2 is 2.35 bits per heavy atom. The molecule has 7 nitrogen and oxygen atoms in total. The third kappa shape index (κ3) is 4.14. The summed E-state index contributed by atoms with van der Waals surface area (Å²) in [6.07, 6.45) is 3.83. The molecule has 3 rings (SSSR count). The molecule has 1 atom stereocenters. The van der Waals surface area contributed by atoms with Gasteiger partial charge in [0.05, 0.1) is 18.3 Å². The maximum absolute atomic E-state index is 12.3. The molecule has 1 aromatic rings. The molecule has 8 heteroatoms. The van der Waals surface area contributed by atoms with Gasteiger partial charge in [-0.3, -0.25) is 9.69 Å². The minimum absolute atomic E-state index is 0.0369.